The number of amidine groups is 1. The van der Waals surface area contributed by atoms with Gasteiger partial charge in [0.05, 0.1) is 5.02 Å². The van der Waals surface area contributed by atoms with E-state index in [1.165, 1.54) is 6.20 Å². The number of rotatable bonds is 4. The maximum absolute atomic E-state index is 14.9. The molecule has 4 rings (SSSR count). The number of aliphatic imine (C=N–C) groups is 1. The monoisotopic (exact) mass is 406 g/mol. The fourth-order valence-corrected chi connectivity index (χ4v) is 3.60. The van der Waals surface area contributed by atoms with Crippen LogP contribution < -0.4 is 11.1 Å². The van der Waals surface area contributed by atoms with E-state index in [0.717, 1.165) is 18.9 Å². The van der Waals surface area contributed by atoms with E-state index in [4.69, 9.17) is 22.1 Å². The first-order valence-corrected chi connectivity index (χ1v) is 9.11. The minimum absolute atomic E-state index is 0.0392. The molecular formula is C19H17ClF2N4O2. The van der Waals surface area contributed by atoms with E-state index < -0.39 is 29.3 Å². The van der Waals surface area contributed by atoms with E-state index >= 15 is 0 Å². The highest BCUT2D eigenvalue weighted by atomic mass is 35.5. The highest BCUT2D eigenvalue weighted by Crippen LogP contribution is 2.53. The van der Waals surface area contributed by atoms with Crippen LogP contribution in [0.25, 0.3) is 0 Å². The number of aromatic nitrogens is 1. The quantitative estimate of drug-likeness (QED) is 0.814. The second kappa shape index (κ2) is 7.10. The molecule has 1 saturated carbocycles. The molecule has 0 radical (unpaired) electrons. The van der Waals surface area contributed by atoms with Crippen molar-refractivity contribution in [3.05, 3.63) is 58.6 Å². The zero-order valence-corrected chi connectivity index (χ0v) is 15.4. The minimum Gasteiger partial charge on any atom is -0.385 e. The second-order valence-corrected chi connectivity index (χ2v) is 7.29. The van der Waals surface area contributed by atoms with Gasteiger partial charge in [0.25, 0.3) is 5.91 Å². The maximum atomic E-state index is 14.9. The van der Waals surface area contributed by atoms with Crippen molar-refractivity contribution in [1.29, 1.82) is 0 Å². The summed E-state index contributed by atoms with van der Waals surface area (Å²) in [5.74, 6) is -1.39. The summed E-state index contributed by atoms with van der Waals surface area (Å²) >= 11 is 5.66. The van der Waals surface area contributed by atoms with E-state index in [2.05, 4.69) is 15.3 Å². The number of hydrogen-bond donors (Lipinski definition) is 2. The summed E-state index contributed by atoms with van der Waals surface area (Å²) in [4.78, 5) is 20.5. The topological polar surface area (TPSA) is 89.6 Å². The van der Waals surface area contributed by atoms with Gasteiger partial charge >= 0.3 is 0 Å². The van der Waals surface area contributed by atoms with Crippen LogP contribution in [0.5, 0.6) is 0 Å². The molecule has 9 heteroatoms. The van der Waals surface area contributed by atoms with Gasteiger partial charge in [-0.2, -0.15) is 0 Å². The van der Waals surface area contributed by atoms with Crippen LogP contribution in [0.1, 0.15) is 28.9 Å². The second-order valence-electron chi connectivity index (χ2n) is 6.85. The van der Waals surface area contributed by atoms with E-state index in [1.807, 2.05) is 0 Å². The molecule has 0 bridgehead atoms. The number of carbonyl (C=O) groups is 1. The summed E-state index contributed by atoms with van der Waals surface area (Å²) in [6.07, 6.45) is 1.14. The van der Waals surface area contributed by atoms with Crippen LogP contribution in [0.3, 0.4) is 0 Å². The Bertz CT molecular complexity index is 967. The highest BCUT2D eigenvalue weighted by molar-refractivity contribution is 6.30. The number of anilines is 1. The molecule has 0 spiro atoms. The van der Waals surface area contributed by atoms with Gasteiger partial charge in [0.1, 0.15) is 18.0 Å². The van der Waals surface area contributed by atoms with E-state index in [1.54, 1.807) is 24.3 Å². The highest BCUT2D eigenvalue weighted by Gasteiger charge is 2.55. The third kappa shape index (κ3) is 3.33. The third-order valence-electron chi connectivity index (χ3n) is 4.86. The number of nitrogens with zero attached hydrogens (tertiary/aromatic N) is 2. The minimum atomic E-state index is -1.64. The predicted octanol–water partition coefficient (Wildman–Crippen LogP) is 3.41. The van der Waals surface area contributed by atoms with Gasteiger partial charge in [-0.05, 0) is 42.5 Å². The number of ether oxygens (including phenoxy) is 1. The number of alkyl halides is 1. The summed E-state index contributed by atoms with van der Waals surface area (Å²) in [6.45, 7) is -0.0619. The first-order valence-electron chi connectivity index (χ1n) is 8.73. The lowest BCUT2D eigenvalue weighted by Crippen LogP contribution is -2.46. The number of nitrogens with two attached hydrogens (primary N) is 1. The number of nitrogens with one attached hydrogen (secondary N) is 1. The van der Waals surface area contributed by atoms with Crippen LogP contribution in [0.2, 0.25) is 5.02 Å². The number of benzene rings is 1. The van der Waals surface area contributed by atoms with Gasteiger partial charge in [-0.25, -0.2) is 13.8 Å². The molecule has 1 aromatic carbocycles. The molecule has 1 aromatic heterocycles. The Hall–Kier alpha value is -2.58. The summed E-state index contributed by atoms with van der Waals surface area (Å²) in [7, 11) is 0. The van der Waals surface area contributed by atoms with Crippen LogP contribution in [-0.4, -0.2) is 29.7 Å². The van der Waals surface area contributed by atoms with Crippen LogP contribution in [0, 0.1) is 11.7 Å². The third-order valence-corrected chi connectivity index (χ3v) is 5.06. The first-order chi connectivity index (χ1) is 13.4. The Morgan fingerprint density at radius 2 is 2.14 bits per heavy atom. The Balaban J connectivity index is 1.66. The standard InChI is InChI=1S/C19H17ClF2N4O2/c20-12-7-14(21)16(24-8-12)17(27)25-13-3-1-2-11(6-13)19(10-4-5-10)18(22)28-9-15(23)26-19/h1-3,6-8,10,18H,4-5,9H2,(H2,23,26)(H,25,27)/t18-,19-/m1/s1. The molecule has 2 heterocycles. The molecule has 28 heavy (non-hydrogen) atoms. The Labute approximate surface area is 164 Å². The molecule has 1 aliphatic carbocycles. The fourth-order valence-electron chi connectivity index (χ4n) is 3.46. The van der Waals surface area contributed by atoms with E-state index in [-0.39, 0.29) is 23.4 Å². The van der Waals surface area contributed by atoms with Crippen LogP contribution >= 0.6 is 11.6 Å². The van der Waals surface area contributed by atoms with Crippen molar-refractivity contribution in [2.75, 3.05) is 11.9 Å². The van der Waals surface area contributed by atoms with Crippen molar-refractivity contribution in [1.82, 2.24) is 4.98 Å². The van der Waals surface area contributed by atoms with Crippen LogP contribution in [0.4, 0.5) is 14.5 Å². The van der Waals surface area contributed by atoms with Crippen molar-refractivity contribution in [2.24, 2.45) is 16.6 Å². The Morgan fingerprint density at radius 1 is 1.36 bits per heavy atom. The summed E-state index contributed by atoms with van der Waals surface area (Å²) in [6, 6.07) is 7.59. The summed E-state index contributed by atoms with van der Waals surface area (Å²) < 4.78 is 34.0. The molecule has 2 aliphatic rings. The molecule has 1 aliphatic heterocycles. The summed E-state index contributed by atoms with van der Waals surface area (Å²) in [5.41, 5.74) is 5.08. The molecule has 2 aromatic rings. The SMILES string of the molecule is NC1=N[C@@](c2cccc(NC(=O)c3ncc(Cl)cc3F)c2)(C2CC2)[C@H](F)OC1. The molecular weight excluding hydrogens is 390 g/mol. The zero-order valence-electron chi connectivity index (χ0n) is 14.7. The van der Waals surface area contributed by atoms with Crippen molar-refractivity contribution in [3.63, 3.8) is 0 Å². The zero-order chi connectivity index (χ0) is 19.9. The fraction of sp³-hybridized carbons (Fsp3) is 0.316. The number of amides is 1. The number of pyridine rings is 1. The molecule has 6 nitrogen and oxygen atoms in total. The van der Waals surface area contributed by atoms with Gasteiger partial charge < -0.3 is 15.8 Å². The van der Waals surface area contributed by atoms with Gasteiger partial charge in [0.15, 0.2) is 11.5 Å². The molecule has 0 unspecified atom stereocenters. The lowest BCUT2D eigenvalue weighted by molar-refractivity contribution is -0.0930. The maximum Gasteiger partial charge on any atom is 0.277 e. The lowest BCUT2D eigenvalue weighted by atomic mass is 9.84. The molecule has 1 amide bonds. The van der Waals surface area contributed by atoms with Gasteiger partial charge in [0.2, 0.25) is 6.36 Å². The lowest BCUT2D eigenvalue weighted by Gasteiger charge is -2.37. The van der Waals surface area contributed by atoms with Gasteiger partial charge in [-0.3, -0.25) is 9.79 Å². The molecule has 1 fully saturated rings. The smallest absolute Gasteiger partial charge is 0.277 e. The van der Waals surface area contributed by atoms with E-state index in [9.17, 15) is 13.6 Å². The summed E-state index contributed by atoms with van der Waals surface area (Å²) in [5, 5.41) is 2.66. The number of halogens is 3. The molecule has 3 N–H and O–H groups in total. The average Bonchev–Trinajstić information content (AvgIpc) is 3.49. The molecule has 0 saturated heterocycles. The normalized spacial score (nSPS) is 24.5. The van der Waals surface area contributed by atoms with Crippen LogP contribution in [-0.2, 0) is 10.3 Å². The average molecular weight is 407 g/mol. The number of hydrogen-bond acceptors (Lipinski definition) is 5. The Kier molecular flexibility index (Phi) is 4.76. The van der Waals surface area contributed by atoms with Gasteiger partial charge in [0, 0.05) is 11.9 Å². The largest absolute Gasteiger partial charge is 0.385 e. The first kappa shape index (κ1) is 18.8. The van der Waals surface area contributed by atoms with Crippen molar-refractivity contribution >= 4 is 29.0 Å². The number of carbonyl (C=O) groups excluding carboxylic acids is 1. The Morgan fingerprint density at radius 3 is 2.86 bits per heavy atom. The van der Waals surface area contributed by atoms with Crippen LogP contribution in [0.15, 0.2) is 41.5 Å². The van der Waals surface area contributed by atoms with Crippen molar-refractivity contribution in [2.45, 2.75) is 24.7 Å². The predicted molar refractivity (Wildman–Crippen MR) is 100 cm³/mol. The van der Waals surface area contributed by atoms with Crippen molar-refractivity contribution < 1.29 is 18.3 Å². The molecule has 146 valence electrons. The molecule has 2 atom stereocenters. The van der Waals surface area contributed by atoms with Gasteiger partial charge in [-0.1, -0.05) is 23.7 Å². The van der Waals surface area contributed by atoms with Gasteiger partial charge in [-0.15, -0.1) is 0 Å². The van der Waals surface area contributed by atoms with E-state index in [0.29, 0.717) is 11.3 Å². The van der Waals surface area contributed by atoms with Crippen molar-refractivity contribution in [3.8, 4) is 0 Å².